The highest BCUT2D eigenvalue weighted by atomic mass is 79.9. The summed E-state index contributed by atoms with van der Waals surface area (Å²) in [5.74, 6) is 0.700. The summed E-state index contributed by atoms with van der Waals surface area (Å²) in [6.07, 6.45) is 1.26. The van der Waals surface area contributed by atoms with Gasteiger partial charge in [-0.3, -0.25) is 14.9 Å². The summed E-state index contributed by atoms with van der Waals surface area (Å²) in [5, 5.41) is 14.4. The summed E-state index contributed by atoms with van der Waals surface area (Å²) in [5.41, 5.74) is 0.0635. The van der Waals surface area contributed by atoms with Gasteiger partial charge in [0.25, 0.3) is 11.2 Å². The average Bonchev–Trinajstić information content (AvgIpc) is 2.60. The van der Waals surface area contributed by atoms with Crippen molar-refractivity contribution in [3.63, 3.8) is 0 Å². The lowest BCUT2D eigenvalue weighted by molar-refractivity contribution is -0.383. The number of nitro benzene ring substituents is 1. The molecule has 1 heterocycles. The fourth-order valence-electron chi connectivity index (χ4n) is 2.28. The van der Waals surface area contributed by atoms with Gasteiger partial charge in [0, 0.05) is 17.1 Å². The molecule has 8 nitrogen and oxygen atoms in total. The second-order valence-electron chi connectivity index (χ2n) is 5.10. The normalized spacial score (nSPS) is 10.6. The van der Waals surface area contributed by atoms with Crippen molar-refractivity contribution < 1.29 is 9.66 Å². The van der Waals surface area contributed by atoms with Crippen molar-refractivity contribution in [3.8, 4) is 5.75 Å². The number of hydrogen-bond acceptors (Lipinski definition) is 6. The highest BCUT2D eigenvalue weighted by Crippen LogP contribution is 2.27. The van der Waals surface area contributed by atoms with Crippen LogP contribution in [0.25, 0.3) is 10.9 Å². The topological polar surface area (TPSA) is 110 Å². The van der Waals surface area contributed by atoms with Crippen LogP contribution in [0.1, 0.15) is 0 Å². The quantitative estimate of drug-likeness (QED) is 0.371. The first kappa shape index (κ1) is 16.9. The fourth-order valence-corrected chi connectivity index (χ4v) is 2.55. The first-order valence-corrected chi connectivity index (χ1v) is 8.12. The van der Waals surface area contributed by atoms with Crippen LogP contribution < -0.4 is 15.6 Å². The number of ether oxygens (including phenoxy) is 1. The number of hydrogen-bond donors (Lipinski definition) is 2. The van der Waals surface area contributed by atoms with Crippen LogP contribution in [0.3, 0.4) is 0 Å². The standard InChI is InChI=1S/C16H13BrN4O4/c17-10-1-3-11(4-2-10)25-6-5-18-14-8-13-12(7-15(14)21(23)24)16(22)20-9-19-13/h1-4,7-9,18H,5-6H2,(H,19,20,22). The smallest absolute Gasteiger partial charge is 0.293 e. The van der Waals surface area contributed by atoms with Crippen LogP contribution in [-0.4, -0.2) is 28.0 Å². The molecule has 0 amide bonds. The van der Waals surface area contributed by atoms with Gasteiger partial charge in [0.15, 0.2) is 0 Å². The van der Waals surface area contributed by atoms with E-state index in [0.717, 1.165) is 4.47 Å². The van der Waals surface area contributed by atoms with E-state index < -0.39 is 10.5 Å². The molecule has 0 fully saturated rings. The van der Waals surface area contributed by atoms with E-state index in [1.807, 2.05) is 24.3 Å². The summed E-state index contributed by atoms with van der Waals surface area (Å²) in [6, 6.07) is 10.1. The minimum absolute atomic E-state index is 0.172. The van der Waals surface area contributed by atoms with Crippen molar-refractivity contribution in [2.24, 2.45) is 0 Å². The number of nitrogens with zero attached hydrogens (tertiary/aromatic N) is 2. The largest absolute Gasteiger partial charge is 0.492 e. The summed E-state index contributed by atoms with van der Waals surface area (Å²) < 4.78 is 6.52. The van der Waals surface area contributed by atoms with Crippen LogP contribution in [0, 0.1) is 10.1 Å². The SMILES string of the molecule is O=c1[nH]cnc2cc(NCCOc3ccc(Br)cc3)c([N+](=O)[O-])cc12. The molecule has 9 heteroatoms. The van der Waals surface area contributed by atoms with Crippen LogP contribution in [-0.2, 0) is 0 Å². The van der Waals surface area contributed by atoms with E-state index in [2.05, 4.69) is 31.2 Å². The van der Waals surface area contributed by atoms with Crippen LogP contribution in [0.15, 0.2) is 52.0 Å². The van der Waals surface area contributed by atoms with Crippen molar-refractivity contribution in [2.45, 2.75) is 0 Å². The summed E-state index contributed by atoms with van der Waals surface area (Å²) >= 11 is 3.34. The van der Waals surface area contributed by atoms with Crippen LogP contribution in [0.5, 0.6) is 5.75 Å². The Kier molecular flexibility index (Phi) is 4.94. The third kappa shape index (κ3) is 3.94. The van der Waals surface area contributed by atoms with Crippen molar-refractivity contribution in [1.82, 2.24) is 9.97 Å². The van der Waals surface area contributed by atoms with Gasteiger partial charge in [0.1, 0.15) is 18.0 Å². The molecule has 3 aromatic rings. The Bertz CT molecular complexity index is 972. The van der Waals surface area contributed by atoms with Crippen LogP contribution >= 0.6 is 15.9 Å². The molecule has 0 saturated carbocycles. The summed E-state index contributed by atoms with van der Waals surface area (Å²) in [6.45, 7) is 0.672. The molecule has 0 unspecified atom stereocenters. The Morgan fingerprint density at radius 2 is 2.04 bits per heavy atom. The fraction of sp³-hybridized carbons (Fsp3) is 0.125. The van der Waals surface area contributed by atoms with Gasteiger partial charge < -0.3 is 15.0 Å². The number of aromatic nitrogens is 2. The number of nitro groups is 1. The minimum atomic E-state index is -0.538. The zero-order chi connectivity index (χ0) is 17.8. The Hall–Kier alpha value is -2.94. The number of halogens is 1. The lowest BCUT2D eigenvalue weighted by Crippen LogP contribution is -2.13. The Labute approximate surface area is 150 Å². The van der Waals surface area contributed by atoms with E-state index in [0.29, 0.717) is 24.4 Å². The van der Waals surface area contributed by atoms with Gasteiger partial charge >= 0.3 is 0 Å². The van der Waals surface area contributed by atoms with Crippen LogP contribution in [0.4, 0.5) is 11.4 Å². The number of anilines is 1. The maximum Gasteiger partial charge on any atom is 0.293 e. The van der Waals surface area contributed by atoms with E-state index in [-0.39, 0.29) is 16.8 Å². The number of fused-ring (bicyclic) bond motifs is 1. The maximum absolute atomic E-state index is 11.7. The molecule has 0 radical (unpaired) electrons. The maximum atomic E-state index is 11.7. The summed E-state index contributed by atoms with van der Waals surface area (Å²) in [4.78, 5) is 28.9. The van der Waals surface area contributed by atoms with Gasteiger partial charge in [-0.25, -0.2) is 4.98 Å². The zero-order valence-electron chi connectivity index (χ0n) is 12.9. The predicted octanol–water partition coefficient (Wildman–Crippen LogP) is 3.08. The molecule has 3 rings (SSSR count). The first-order valence-electron chi connectivity index (χ1n) is 7.32. The predicted molar refractivity (Wildman–Crippen MR) is 97.1 cm³/mol. The molecule has 0 saturated heterocycles. The molecular formula is C16H13BrN4O4. The number of aromatic amines is 1. The third-order valence-electron chi connectivity index (χ3n) is 3.45. The Morgan fingerprint density at radius 3 is 2.76 bits per heavy atom. The van der Waals surface area contributed by atoms with Gasteiger partial charge in [0.05, 0.1) is 22.2 Å². The highest BCUT2D eigenvalue weighted by molar-refractivity contribution is 9.10. The molecule has 1 aromatic heterocycles. The molecule has 0 spiro atoms. The molecule has 0 bridgehead atoms. The molecule has 0 aliphatic rings. The average molecular weight is 405 g/mol. The molecule has 0 aliphatic carbocycles. The van der Waals surface area contributed by atoms with E-state index in [1.165, 1.54) is 18.5 Å². The van der Waals surface area contributed by atoms with Gasteiger partial charge in [-0.1, -0.05) is 15.9 Å². The molecular weight excluding hydrogens is 392 g/mol. The summed E-state index contributed by atoms with van der Waals surface area (Å²) in [7, 11) is 0. The van der Waals surface area contributed by atoms with E-state index >= 15 is 0 Å². The molecule has 2 N–H and O–H groups in total. The third-order valence-corrected chi connectivity index (χ3v) is 3.98. The van der Waals surface area contributed by atoms with Gasteiger partial charge in [-0.2, -0.15) is 0 Å². The molecule has 2 aromatic carbocycles. The van der Waals surface area contributed by atoms with Crippen molar-refractivity contribution >= 4 is 38.2 Å². The van der Waals surface area contributed by atoms with E-state index in [9.17, 15) is 14.9 Å². The molecule has 25 heavy (non-hydrogen) atoms. The van der Waals surface area contributed by atoms with Gasteiger partial charge in [-0.05, 0) is 30.3 Å². The lowest BCUT2D eigenvalue weighted by atomic mass is 10.2. The number of rotatable bonds is 6. The number of H-pyrrole nitrogens is 1. The Morgan fingerprint density at radius 1 is 1.28 bits per heavy atom. The minimum Gasteiger partial charge on any atom is -0.492 e. The van der Waals surface area contributed by atoms with Gasteiger partial charge in [0.2, 0.25) is 0 Å². The highest BCUT2D eigenvalue weighted by Gasteiger charge is 2.16. The monoisotopic (exact) mass is 404 g/mol. The second kappa shape index (κ2) is 7.31. The van der Waals surface area contributed by atoms with Crippen LogP contribution in [0.2, 0.25) is 0 Å². The number of benzene rings is 2. The van der Waals surface area contributed by atoms with E-state index in [1.54, 1.807) is 0 Å². The second-order valence-corrected chi connectivity index (χ2v) is 6.02. The Balaban J connectivity index is 1.73. The van der Waals surface area contributed by atoms with Gasteiger partial charge in [-0.15, -0.1) is 0 Å². The van der Waals surface area contributed by atoms with E-state index in [4.69, 9.17) is 4.74 Å². The molecule has 128 valence electrons. The number of nitrogens with one attached hydrogen (secondary N) is 2. The first-order chi connectivity index (χ1) is 12.0. The molecule has 0 aliphatic heterocycles. The zero-order valence-corrected chi connectivity index (χ0v) is 14.4. The molecule has 0 atom stereocenters. The van der Waals surface area contributed by atoms with Crippen molar-refractivity contribution in [2.75, 3.05) is 18.5 Å². The van der Waals surface area contributed by atoms with Crippen molar-refractivity contribution in [1.29, 1.82) is 0 Å². The lowest BCUT2D eigenvalue weighted by Gasteiger charge is -2.10. The van der Waals surface area contributed by atoms with Crippen molar-refractivity contribution in [3.05, 3.63) is 67.7 Å².